The number of amides is 1. The van der Waals surface area contributed by atoms with Crippen LogP contribution in [-0.4, -0.2) is 20.6 Å². The van der Waals surface area contributed by atoms with Crippen molar-refractivity contribution in [3.63, 3.8) is 0 Å². The van der Waals surface area contributed by atoms with E-state index in [1.54, 1.807) is 6.07 Å². The molecule has 1 amide bonds. The van der Waals surface area contributed by atoms with E-state index in [0.29, 0.717) is 0 Å². The maximum atomic E-state index is 13.9. The van der Waals surface area contributed by atoms with Crippen LogP contribution in [0.25, 0.3) is 0 Å². The zero-order valence-electron chi connectivity index (χ0n) is 14.8. The Hall–Kier alpha value is -3.49. The molecular formula is C19H17FN4O4. The number of aromatic amines is 1. The summed E-state index contributed by atoms with van der Waals surface area (Å²) in [6.45, 7) is -0.292. The first-order chi connectivity index (χ1) is 13.5. The highest BCUT2D eigenvalue weighted by Crippen LogP contribution is 2.27. The van der Waals surface area contributed by atoms with E-state index in [4.69, 9.17) is 4.52 Å². The number of aromatic nitrogens is 3. The summed E-state index contributed by atoms with van der Waals surface area (Å²) >= 11 is 0. The second-order valence-electron chi connectivity index (χ2n) is 6.59. The van der Waals surface area contributed by atoms with E-state index in [-0.39, 0.29) is 23.6 Å². The largest absolute Gasteiger partial charge is 0.338 e. The first-order valence-electron chi connectivity index (χ1n) is 8.89. The van der Waals surface area contributed by atoms with Crippen LogP contribution >= 0.6 is 0 Å². The van der Waals surface area contributed by atoms with Gasteiger partial charge in [-0.1, -0.05) is 23.4 Å². The molecule has 2 aromatic heterocycles. The molecule has 0 spiro atoms. The predicted molar refractivity (Wildman–Crippen MR) is 97.9 cm³/mol. The van der Waals surface area contributed by atoms with Gasteiger partial charge in [0, 0.05) is 17.3 Å². The number of rotatable bonds is 4. The summed E-state index contributed by atoms with van der Waals surface area (Å²) in [4.78, 5) is 39.7. The van der Waals surface area contributed by atoms with Gasteiger partial charge in [-0.25, -0.2) is 9.18 Å². The van der Waals surface area contributed by atoms with Gasteiger partial charge in [0.15, 0.2) is 0 Å². The van der Waals surface area contributed by atoms with Gasteiger partial charge < -0.3 is 9.51 Å². The minimum atomic E-state index is -0.821. The van der Waals surface area contributed by atoms with Crippen LogP contribution in [0.5, 0.6) is 0 Å². The quantitative estimate of drug-likeness (QED) is 0.713. The van der Waals surface area contributed by atoms with Crippen molar-refractivity contribution < 1.29 is 13.7 Å². The average molecular weight is 384 g/mol. The van der Waals surface area contributed by atoms with Crippen LogP contribution in [0, 0.1) is 5.82 Å². The fourth-order valence-corrected chi connectivity index (χ4v) is 3.27. The Morgan fingerprint density at radius 2 is 2.04 bits per heavy atom. The molecule has 8 nitrogen and oxygen atoms in total. The highest BCUT2D eigenvalue weighted by Gasteiger charge is 2.23. The first-order valence-corrected chi connectivity index (χ1v) is 8.89. The Morgan fingerprint density at radius 3 is 2.86 bits per heavy atom. The van der Waals surface area contributed by atoms with Crippen LogP contribution in [0.3, 0.4) is 0 Å². The van der Waals surface area contributed by atoms with E-state index in [1.807, 2.05) is 0 Å². The van der Waals surface area contributed by atoms with Gasteiger partial charge >= 0.3 is 5.69 Å². The van der Waals surface area contributed by atoms with Crippen molar-refractivity contribution in [2.24, 2.45) is 0 Å². The summed E-state index contributed by atoms with van der Waals surface area (Å²) in [5.41, 5.74) is -0.0377. The topological polar surface area (TPSA) is 110 Å². The predicted octanol–water partition coefficient (Wildman–Crippen LogP) is 1.84. The Morgan fingerprint density at radius 1 is 1.25 bits per heavy atom. The molecule has 4 rings (SSSR count). The number of anilines is 1. The number of fused-ring (bicyclic) bond motifs is 1. The van der Waals surface area contributed by atoms with Crippen LogP contribution in [0.1, 0.15) is 40.0 Å². The van der Waals surface area contributed by atoms with Crippen molar-refractivity contribution in [2.75, 3.05) is 5.32 Å². The van der Waals surface area contributed by atoms with Crippen LogP contribution in [-0.2, 0) is 19.4 Å². The molecule has 0 saturated heterocycles. The Balaban J connectivity index is 1.64. The molecule has 0 unspecified atom stereocenters. The van der Waals surface area contributed by atoms with E-state index in [9.17, 15) is 18.8 Å². The van der Waals surface area contributed by atoms with Gasteiger partial charge in [-0.05, 0) is 31.7 Å². The van der Waals surface area contributed by atoms with Crippen LogP contribution in [0.2, 0.25) is 0 Å². The number of carbonyl (C=O) groups is 1. The lowest BCUT2D eigenvalue weighted by Gasteiger charge is -2.10. The highest BCUT2D eigenvalue weighted by molar-refractivity contribution is 6.03. The zero-order chi connectivity index (χ0) is 19.7. The fraction of sp³-hybridized carbons (Fsp3) is 0.263. The fourth-order valence-electron chi connectivity index (χ4n) is 3.27. The summed E-state index contributed by atoms with van der Waals surface area (Å²) in [6.07, 6.45) is 4.53. The van der Waals surface area contributed by atoms with E-state index in [1.165, 1.54) is 18.2 Å². The number of benzene rings is 1. The molecule has 28 heavy (non-hydrogen) atoms. The van der Waals surface area contributed by atoms with Crippen LogP contribution < -0.4 is 16.6 Å². The van der Waals surface area contributed by atoms with Gasteiger partial charge in [0.05, 0.1) is 12.2 Å². The molecule has 2 N–H and O–H groups in total. The second kappa shape index (κ2) is 7.26. The summed E-state index contributed by atoms with van der Waals surface area (Å²) < 4.78 is 19.9. The molecule has 1 aliphatic rings. The molecule has 0 atom stereocenters. The van der Waals surface area contributed by atoms with Crippen molar-refractivity contribution in [2.45, 2.75) is 32.2 Å². The highest BCUT2D eigenvalue weighted by atomic mass is 19.1. The van der Waals surface area contributed by atoms with E-state index < -0.39 is 23.0 Å². The van der Waals surface area contributed by atoms with Crippen LogP contribution in [0.4, 0.5) is 10.3 Å². The maximum absolute atomic E-state index is 13.9. The lowest BCUT2D eigenvalue weighted by molar-refractivity contribution is 0.102. The lowest BCUT2D eigenvalue weighted by Crippen LogP contribution is -2.39. The number of aryl methyl sites for hydroxylation is 1. The van der Waals surface area contributed by atoms with Gasteiger partial charge in [-0.3, -0.25) is 19.5 Å². The number of hydrogen-bond acceptors (Lipinski definition) is 5. The molecular weight excluding hydrogens is 367 g/mol. The number of halogens is 1. The molecule has 144 valence electrons. The number of nitrogens with one attached hydrogen (secondary N) is 2. The normalized spacial score (nSPS) is 13.2. The molecule has 9 heteroatoms. The zero-order valence-corrected chi connectivity index (χ0v) is 14.8. The second-order valence-corrected chi connectivity index (χ2v) is 6.59. The lowest BCUT2D eigenvalue weighted by atomic mass is 9.98. The summed E-state index contributed by atoms with van der Waals surface area (Å²) in [5, 5.41) is 6.50. The van der Waals surface area contributed by atoms with Gasteiger partial charge in [0.25, 0.3) is 11.5 Å². The van der Waals surface area contributed by atoms with Crippen molar-refractivity contribution in [3.05, 3.63) is 79.5 Å². The molecule has 0 radical (unpaired) electrons. The van der Waals surface area contributed by atoms with Crippen molar-refractivity contribution in [1.29, 1.82) is 0 Å². The Labute approximate surface area is 158 Å². The van der Waals surface area contributed by atoms with Gasteiger partial charge in [-0.2, -0.15) is 0 Å². The smallest absolute Gasteiger partial charge is 0.328 e. The third kappa shape index (κ3) is 3.26. The Bertz CT molecular complexity index is 1160. The van der Waals surface area contributed by atoms with Gasteiger partial charge in [0.2, 0.25) is 5.88 Å². The number of hydrogen-bond donors (Lipinski definition) is 2. The third-order valence-electron chi connectivity index (χ3n) is 4.78. The molecule has 0 aliphatic heterocycles. The molecule has 0 saturated carbocycles. The van der Waals surface area contributed by atoms with Gasteiger partial charge in [-0.15, -0.1) is 0 Å². The monoisotopic (exact) mass is 384 g/mol. The Kier molecular flexibility index (Phi) is 4.64. The summed E-state index contributed by atoms with van der Waals surface area (Å²) in [5.74, 6) is -1.06. The summed E-state index contributed by atoms with van der Waals surface area (Å²) in [7, 11) is 0. The minimum Gasteiger partial charge on any atom is -0.338 e. The summed E-state index contributed by atoms with van der Waals surface area (Å²) in [6, 6.07) is 5.81. The third-order valence-corrected chi connectivity index (χ3v) is 4.78. The molecule has 1 aromatic carbocycles. The van der Waals surface area contributed by atoms with E-state index in [0.717, 1.165) is 47.7 Å². The van der Waals surface area contributed by atoms with Crippen LogP contribution in [0.15, 0.2) is 44.6 Å². The van der Waals surface area contributed by atoms with E-state index in [2.05, 4.69) is 15.5 Å². The SMILES string of the molecule is O=C(Nc1onc2c1CCCC2)c1c[nH]c(=O)n(Cc2ccccc2F)c1=O. The molecule has 0 fully saturated rings. The molecule has 0 bridgehead atoms. The number of carbonyl (C=O) groups excluding carboxylic acids is 1. The standard InChI is InChI=1S/C19H17FN4O4/c20-14-7-3-1-5-11(14)10-24-18(26)13(9-21-19(24)27)16(25)22-17-12-6-2-4-8-15(12)23-28-17/h1,3,5,7,9H,2,4,6,8,10H2,(H,21,27)(H,22,25). The molecule has 3 aromatic rings. The van der Waals surface area contributed by atoms with Crippen molar-refractivity contribution in [3.8, 4) is 0 Å². The van der Waals surface area contributed by atoms with Gasteiger partial charge in [0.1, 0.15) is 11.4 Å². The first kappa shape index (κ1) is 17.9. The molecule has 1 aliphatic carbocycles. The number of H-pyrrole nitrogens is 1. The average Bonchev–Trinajstić information content (AvgIpc) is 3.09. The molecule has 2 heterocycles. The number of nitrogens with zero attached hydrogens (tertiary/aromatic N) is 2. The van der Waals surface area contributed by atoms with E-state index >= 15 is 0 Å². The van der Waals surface area contributed by atoms with Crippen molar-refractivity contribution >= 4 is 11.8 Å². The van der Waals surface area contributed by atoms with Crippen molar-refractivity contribution in [1.82, 2.24) is 14.7 Å². The maximum Gasteiger partial charge on any atom is 0.328 e. The minimum absolute atomic E-state index is 0.164.